The van der Waals surface area contributed by atoms with Gasteiger partial charge in [0.2, 0.25) is 10.0 Å². The van der Waals surface area contributed by atoms with E-state index >= 15 is 0 Å². The first-order valence-electron chi connectivity index (χ1n) is 9.67. The molecule has 0 bridgehead atoms. The molecule has 2 unspecified atom stereocenters. The summed E-state index contributed by atoms with van der Waals surface area (Å²) in [6.45, 7) is 5.94. The highest BCUT2D eigenvalue weighted by atomic mass is 32.2. The minimum Gasteiger partial charge on any atom is -0.475 e. The van der Waals surface area contributed by atoms with Gasteiger partial charge >= 0.3 is 24.3 Å². The quantitative estimate of drug-likeness (QED) is 0.575. The van der Waals surface area contributed by atoms with Crippen LogP contribution in [0.1, 0.15) is 12.6 Å². The normalized spacial score (nSPS) is 21.0. The Labute approximate surface area is 191 Å². The summed E-state index contributed by atoms with van der Waals surface area (Å²) in [4.78, 5) is 24.5. The fourth-order valence-corrected chi connectivity index (χ4v) is 4.51. The highest BCUT2D eigenvalue weighted by molar-refractivity contribution is 7.89. The average Bonchev–Trinajstić information content (AvgIpc) is 3.27. The summed E-state index contributed by atoms with van der Waals surface area (Å²) in [5.41, 5.74) is 1.09. The Balaban J connectivity index is 0.000000343. The van der Waals surface area contributed by atoms with Crippen LogP contribution in [0.5, 0.6) is 0 Å². The van der Waals surface area contributed by atoms with Crippen LogP contribution >= 0.6 is 0 Å². The summed E-state index contributed by atoms with van der Waals surface area (Å²) in [6, 6.07) is 5.98. The van der Waals surface area contributed by atoms with Gasteiger partial charge in [-0.25, -0.2) is 22.3 Å². The molecule has 1 aromatic rings. The molecule has 0 amide bonds. The molecular formula is C18H23F6N3O6S. The molecule has 0 aromatic carbocycles. The zero-order chi connectivity index (χ0) is 26.3. The molecule has 1 aromatic heterocycles. The Hall–Kier alpha value is -2.46. The highest BCUT2D eigenvalue weighted by Gasteiger charge is 2.43. The molecule has 3 heterocycles. The Morgan fingerprint density at radius 3 is 1.74 bits per heavy atom. The molecule has 0 aliphatic carbocycles. The van der Waals surface area contributed by atoms with Crippen LogP contribution in [-0.4, -0.2) is 89.0 Å². The second-order valence-corrected chi connectivity index (χ2v) is 9.62. The summed E-state index contributed by atoms with van der Waals surface area (Å²) in [5.74, 6) is -4.33. The summed E-state index contributed by atoms with van der Waals surface area (Å²) < 4.78 is 89.0. The smallest absolute Gasteiger partial charge is 0.475 e. The number of fused-ring (bicyclic) bond motifs is 1. The zero-order valence-corrected chi connectivity index (χ0v) is 18.6. The number of carboxylic acids is 2. The largest absolute Gasteiger partial charge is 0.490 e. The topological polar surface area (TPSA) is 128 Å². The van der Waals surface area contributed by atoms with Crippen molar-refractivity contribution in [3.63, 3.8) is 0 Å². The molecular weight excluding hydrogens is 500 g/mol. The summed E-state index contributed by atoms with van der Waals surface area (Å²) in [7, 11) is -3.01. The summed E-state index contributed by atoms with van der Waals surface area (Å²) >= 11 is 0. The first-order valence-corrected chi connectivity index (χ1v) is 11.3. The van der Waals surface area contributed by atoms with Crippen molar-refractivity contribution in [3.8, 4) is 0 Å². The van der Waals surface area contributed by atoms with Crippen molar-refractivity contribution in [1.29, 1.82) is 0 Å². The minimum absolute atomic E-state index is 0.212. The maximum Gasteiger partial charge on any atom is 0.490 e. The fraction of sp³-hybridized carbons (Fsp3) is 0.611. The van der Waals surface area contributed by atoms with Crippen molar-refractivity contribution < 1.29 is 54.6 Å². The number of aromatic nitrogens is 1. The van der Waals surface area contributed by atoms with E-state index in [1.54, 1.807) is 11.2 Å². The molecule has 16 heteroatoms. The third-order valence-electron chi connectivity index (χ3n) is 4.88. The number of rotatable bonds is 4. The standard InChI is InChI=1S/C14H21N3O2S.2C2HF3O2/c1-2-20(18,19)17-9-12-7-16(8-13(12)10-17)11-14-5-3-4-6-15-14;2*3-2(4,5)1(6)7/h3-6,12-13H,2,7-11H2,1H3;2*(H,6,7). The molecule has 194 valence electrons. The van der Waals surface area contributed by atoms with Gasteiger partial charge in [-0.1, -0.05) is 6.07 Å². The number of aliphatic carboxylic acids is 2. The average molecular weight is 523 g/mol. The van der Waals surface area contributed by atoms with E-state index in [0.29, 0.717) is 24.9 Å². The fourth-order valence-electron chi connectivity index (χ4n) is 3.31. The number of carbonyl (C=O) groups is 2. The van der Waals surface area contributed by atoms with Gasteiger partial charge in [-0.15, -0.1) is 0 Å². The third-order valence-corrected chi connectivity index (χ3v) is 6.70. The lowest BCUT2D eigenvalue weighted by molar-refractivity contribution is -0.193. The monoisotopic (exact) mass is 523 g/mol. The van der Waals surface area contributed by atoms with Gasteiger partial charge < -0.3 is 10.2 Å². The van der Waals surface area contributed by atoms with Crippen LogP contribution in [0.15, 0.2) is 24.4 Å². The van der Waals surface area contributed by atoms with Crippen molar-refractivity contribution in [2.45, 2.75) is 25.8 Å². The van der Waals surface area contributed by atoms with Gasteiger partial charge in [-0.05, 0) is 30.9 Å². The number of pyridine rings is 1. The number of likely N-dealkylation sites (tertiary alicyclic amines) is 1. The van der Waals surface area contributed by atoms with Crippen molar-refractivity contribution >= 4 is 22.0 Å². The molecule has 2 aliphatic rings. The number of alkyl halides is 6. The van der Waals surface area contributed by atoms with Gasteiger partial charge in [0.1, 0.15) is 0 Å². The maximum atomic E-state index is 11.9. The predicted molar refractivity (Wildman–Crippen MR) is 105 cm³/mol. The van der Waals surface area contributed by atoms with Crippen LogP contribution in [0.4, 0.5) is 26.3 Å². The number of halogens is 6. The van der Waals surface area contributed by atoms with Gasteiger partial charge in [0, 0.05) is 38.9 Å². The molecule has 2 fully saturated rings. The van der Waals surface area contributed by atoms with Crippen molar-refractivity contribution in [2.24, 2.45) is 11.8 Å². The maximum absolute atomic E-state index is 11.9. The van der Waals surface area contributed by atoms with Gasteiger partial charge in [-0.2, -0.15) is 26.3 Å². The van der Waals surface area contributed by atoms with E-state index in [-0.39, 0.29) is 5.75 Å². The lowest BCUT2D eigenvalue weighted by Crippen LogP contribution is -2.34. The van der Waals surface area contributed by atoms with E-state index in [2.05, 4.69) is 9.88 Å². The van der Waals surface area contributed by atoms with E-state index in [1.165, 1.54) is 0 Å². The highest BCUT2D eigenvalue weighted by Crippen LogP contribution is 2.33. The molecule has 0 saturated carbocycles. The second-order valence-electron chi connectivity index (χ2n) is 7.36. The number of sulfonamides is 1. The molecule has 9 nitrogen and oxygen atoms in total. The molecule has 2 aliphatic heterocycles. The van der Waals surface area contributed by atoms with Gasteiger partial charge in [-0.3, -0.25) is 9.88 Å². The zero-order valence-electron chi connectivity index (χ0n) is 17.8. The first kappa shape index (κ1) is 29.6. The number of hydrogen-bond donors (Lipinski definition) is 2. The van der Waals surface area contributed by atoms with Crippen LogP contribution in [0.3, 0.4) is 0 Å². The van der Waals surface area contributed by atoms with E-state index in [1.807, 2.05) is 24.4 Å². The Kier molecular flexibility index (Phi) is 10.3. The van der Waals surface area contributed by atoms with Gasteiger partial charge in [0.15, 0.2) is 0 Å². The molecule has 2 saturated heterocycles. The van der Waals surface area contributed by atoms with Crippen LogP contribution < -0.4 is 0 Å². The molecule has 0 radical (unpaired) electrons. The van der Waals surface area contributed by atoms with Crippen molar-refractivity contribution in [1.82, 2.24) is 14.2 Å². The van der Waals surface area contributed by atoms with Crippen LogP contribution in [0.25, 0.3) is 0 Å². The minimum atomic E-state index is -5.08. The lowest BCUT2D eigenvalue weighted by atomic mass is 10.0. The van der Waals surface area contributed by atoms with Crippen molar-refractivity contribution in [3.05, 3.63) is 30.1 Å². The van der Waals surface area contributed by atoms with Crippen LogP contribution in [0, 0.1) is 11.8 Å². The molecule has 3 rings (SSSR count). The number of carboxylic acid groups (broad SMARTS) is 2. The van der Waals surface area contributed by atoms with Crippen LogP contribution in [-0.2, 0) is 26.2 Å². The van der Waals surface area contributed by atoms with Gasteiger partial charge in [0.25, 0.3) is 0 Å². The SMILES string of the molecule is CCS(=O)(=O)N1CC2CN(Cc3ccccn3)CC2C1.O=C(O)C(F)(F)F.O=C(O)C(F)(F)F. The number of hydrogen-bond acceptors (Lipinski definition) is 6. The molecule has 34 heavy (non-hydrogen) atoms. The van der Waals surface area contributed by atoms with E-state index in [4.69, 9.17) is 19.8 Å². The summed E-state index contributed by atoms with van der Waals surface area (Å²) in [6.07, 6.45) is -8.35. The summed E-state index contributed by atoms with van der Waals surface area (Å²) in [5, 5.41) is 14.2. The molecule has 2 N–H and O–H groups in total. The second kappa shape index (κ2) is 11.8. The Morgan fingerprint density at radius 1 is 0.971 bits per heavy atom. The van der Waals surface area contributed by atoms with Crippen LogP contribution in [0.2, 0.25) is 0 Å². The molecule has 0 spiro atoms. The molecule has 2 atom stereocenters. The van der Waals surface area contributed by atoms with E-state index < -0.39 is 34.3 Å². The predicted octanol–water partition coefficient (Wildman–Crippen LogP) is 2.06. The van der Waals surface area contributed by atoms with Crippen molar-refractivity contribution in [2.75, 3.05) is 31.9 Å². The first-order chi connectivity index (χ1) is 15.5. The van der Waals surface area contributed by atoms with E-state index in [9.17, 15) is 34.8 Å². The van der Waals surface area contributed by atoms with Gasteiger partial charge in [0.05, 0.1) is 11.4 Å². The Bertz CT molecular complexity index is 888. The van der Waals surface area contributed by atoms with E-state index in [0.717, 1.165) is 25.3 Å². The number of nitrogens with zero attached hydrogens (tertiary/aromatic N) is 3. The Morgan fingerprint density at radius 2 is 1.41 bits per heavy atom. The lowest BCUT2D eigenvalue weighted by Gasteiger charge is -2.20. The third kappa shape index (κ3) is 9.42.